The highest BCUT2D eigenvalue weighted by Gasteiger charge is 2.33. The Balaban J connectivity index is 1.93. The summed E-state index contributed by atoms with van der Waals surface area (Å²) in [5, 5.41) is 3.54. The molecular formula is C12H15NO2S. The first kappa shape index (κ1) is 10.3. The van der Waals surface area contributed by atoms with Crippen LogP contribution < -0.4 is 10.1 Å². The Morgan fingerprint density at radius 2 is 2.25 bits per heavy atom. The maximum absolute atomic E-state index is 11.9. The molecule has 2 atom stereocenters. The van der Waals surface area contributed by atoms with Crippen molar-refractivity contribution >= 4 is 10.8 Å². The summed E-state index contributed by atoms with van der Waals surface area (Å²) in [7, 11) is 0.819. The van der Waals surface area contributed by atoms with Crippen LogP contribution in [-0.2, 0) is 10.8 Å². The lowest BCUT2D eigenvalue weighted by atomic mass is 10.1. The van der Waals surface area contributed by atoms with E-state index < -0.39 is 10.8 Å². The molecule has 4 heteroatoms. The fourth-order valence-electron chi connectivity index (χ4n) is 2.14. The third kappa shape index (κ3) is 1.76. The van der Waals surface area contributed by atoms with Crippen molar-refractivity contribution in [1.82, 2.24) is 5.32 Å². The van der Waals surface area contributed by atoms with Crippen LogP contribution in [0, 0.1) is 0 Å². The second-order valence-electron chi connectivity index (χ2n) is 4.41. The van der Waals surface area contributed by atoms with E-state index in [1.165, 1.54) is 12.8 Å². The summed E-state index contributed by atoms with van der Waals surface area (Å²) in [5.74, 6) is 1.55. The van der Waals surface area contributed by atoms with Gasteiger partial charge < -0.3 is 10.1 Å². The van der Waals surface area contributed by atoms with Gasteiger partial charge in [-0.1, -0.05) is 0 Å². The molecule has 1 fully saturated rings. The van der Waals surface area contributed by atoms with E-state index in [2.05, 4.69) is 5.32 Å². The van der Waals surface area contributed by atoms with E-state index in [4.69, 9.17) is 4.74 Å². The summed E-state index contributed by atoms with van der Waals surface area (Å²) >= 11 is 0. The maximum Gasteiger partial charge on any atom is 0.119 e. The molecule has 2 unspecified atom stereocenters. The fourth-order valence-corrected chi connectivity index (χ4v) is 3.58. The van der Waals surface area contributed by atoms with Gasteiger partial charge in [0.05, 0.1) is 17.9 Å². The molecule has 1 aliphatic carbocycles. The molecular weight excluding hydrogens is 222 g/mol. The van der Waals surface area contributed by atoms with Gasteiger partial charge in [-0.15, -0.1) is 0 Å². The molecule has 1 aliphatic heterocycles. The maximum atomic E-state index is 11.9. The molecule has 1 saturated carbocycles. The van der Waals surface area contributed by atoms with Crippen molar-refractivity contribution in [2.75, 3.05) is 12.9 Å². The second kappa shape index (κ2) is 3.86. The van der Waals surface area contributed by atoms with Crippen LogP contribution in [0.1, 0.15) is 24.4 Å². The molecule has 2 aliphatic rings. The normalized spacial score (nSPS) is 27.8. The molecule has 1 N–H and O–H groups in total. The van der Waals surface area contributed by atoms with Crippen molar-refractivity contribution < 1.29 is 8.95 Å². The van der Waals surface area contributed by atoms with Crippen LogP contribution in [0.4, 0.5) is 0 Å². The number of methoxy groups -OCH3 is 1. The predicted octanol–water partition coefficient (Wildman–Crippen LogP) is 1.61. The van der Waals surface area contributed by atoms with Crippen LogP contribution in [0.3, 0.4) is 0 Å². The number of hydrogen-bond donors (Lipinski definition) is 1. The molecule has 0 saturated heterocycles. The highest BCUT2D eigenvalue weighted by atomic mass is 32.2. The van der Waals surface area contributed by atoms with Crippen molar-refractivity contribution in [3.05, 3.63) is 23.8 Å². The van der Waals surface area contributed by atoms with Crippen LogP contribution in [0.15, 0.2) is 23.1 Å². The van der Waals surface area contributed by atoms with Gasteiger partial charge in [0.25, 0.3) is 0 Å². The second-order valence-corrected chi connectivity index (χ2v) is 5.87. The van der Waals surface area contributed by atoms with Gasteiger partial charge in [-0.2, -0.15) is 0 Å². The lowest BCUT2D eigenvalue weighted by molar-refractivity contribution is 0.413. The molecule has 1 aromatic carbocycles. The first-order chi connectivity index (χ1) is 7.78. The molecule has 16 heavy (non-hydrogen) atoms. The summed E-state index contributed by atoms with van der Waals surface area (Å²) in [6.45, 7) is 0. The number of rotatable bonds is 3. The molecule has 3 nitrogen and oxygen atoms in total. The largest absolute Gasteiger partial charge is 0.497 e. The Labute approximate surface area is 97.6 Å². The predicted molar refractivity (Wildman–Crippen MR) is 63.2 cm³/mol. The Morgan fingerprint density at radius 1 is 1.44 bits per heavy atom. The first-order valence-electron chi connectivity index (χ1n) is 5.60. The van der Waals surface area contributed by atoms with Crippen molar-refractivity contribution in [1.29, 1.82) is 0 Å². The van der Waals surface area contributed by atoms with E-state index in [0.717, 1.165) is 16.2 Å². The Hall–Kier alpha value is -0.870. The van der Waals surface area contributed by atoms with Crippen LogP contribution in [-0.4, -0.2) is 23.1 Å². The molecule has 3 rings (SSSR count). The summed E-state index contributed by atoms with van der Waals surface area (Å²) in [6.07, 6.45) is 2.50. The number of benzene rings is 1. The average molecular weight is 237 g/mol. The van der Waals surface area contributed by atoms with Crippen molar-refractivity contribution in [3.8, 4) is 5.75 Å². The van der Waals surface area contributed by atoms with Gasteiger partial charge in [0, 0.05) is 22.7 Å². The summed E-state index contributed by atoms with van der Waals surface area (Å²) in [6, 6.07) is 6.72. The summed E-state index contributed by atoms with van der Waals surface area (Å²) in [4.78, 5) is 0.971. The molecule has 0 spiro atoms. The molecule has 1 aromatic rings. The molecule has 0 aromatic heterocycles. The molecule has 0 amide bonds. The third-order valence-electron chi connectivity index (χ3n) is 3.17. The minimum Gasteiger partial charge on any atom is -0.497 e. The number of hydrogen-bond acceptors (Lipinski definition) is 3. The van der Waals surface area contributed by atoms with Crippen molar-refractivity contribution in [2.24, 2.45) is 0 Å². The number of nitrogens with one attached hydrogen (secondary N) is 1. The first-order valence-corrected chi connectivity index (χ1v) is 6.92. The summed E-state index contributed by atoms with van der Waals surface area (Å²) < 4.78 is 17.1. The van der Waals surface area contributed by atoms with E-state index in [-0.39, 0.29) is 6.04 Å². The van der Waals surface area contributed by atoms with Crippen LogP contribution in [0.25, 0.3) is 0 Å². The molecule has 0 radical (unpaired) electrons. The molecule has 0 bridgehead atoms. The number of fused-ring (bicyclic) bond motifs is 1. The van der Waals surface area contributed by atoms with Crippen molar-refractivity contribution in [2.45, 2.75) is 29.8 Å². The smallest absolute Gasteiger partial charge is 0.119 e. The van der Waals surface area contributed by atoms with E-state index >= 15 is 0 Å². The highest BCUT2D eigenvalue weighted by Crippen LogP contribution is 2.35. The Morgan fingerprint density at radius 3 is 2.94 bits per heavy atom. The van der Waals surface area contributed by atoms with E-state index in [9.17, 15) is 4.21 Å². The Kier molecular flexibility index (Phi) is 2.48. The van der Waals surface area contributed by atoms with Gasteiger partial charge >= 0.3 is 0 Å². The van der Waals surface area contributed by atoms with E-state index in [0.29, 0.717) is 11.8 Å². The minimum atomic E-state index is -0.845. The minimum absolute atomic E-state index is 0.249. The van der Waals surface area contributed by atoms with Crippen LogP contribution in [0.5, 0.6) is 5.75 Å². The zero-order chi connectivity index (χ0) is 11.1. The van der Waals surface area contributed by atoms with Crippen LogP contribution in [0.2, 0.25) is 0 Å². The fraction of sp³-hybridized carbons (Fsp3) is 0.500. The standard InChI is InChI=1S/C12H15NO2S/c1-15-9-4-5-12-10(6-9)11(7-16(12)14)13-8-2-3-8/h4-6,8,11,13H,2-3,7H2,1H3. The SMILES string of the molecule is COc1ccc2c(c1)C(NC1CC1)CS2=O. The quantitative estimate of drug-likeness (QED) is 0.868. The van der Waals surface area contributed by atoms with Gasteiger partial charge in [-0.25, -0.2) is 0 Å². The Bertz CT molecular complexity index is 443. The van der Waals surface area contributed by atoms with Crippen LogP contribution >= 0.6 is 0 Å². The van der Waals surface area contributed by atoms with Gasteiger partial charge in [0.2, 0.25) is 0 Å². The molecule has 1 heterocycles. The topological polar surface area (TPSA) is 38.3 Å². The van der Waals surface area contributed by atoms with Gasteiger partial charge in [0.15, 0.2) is 0 Å². The monoisotopic (exact) mass is 237 g/mol. The van der Waals surface area contributed by atoms with Gasteiger partial charge in [0.1, 0.15) is 5.75 Å². The van der Waals surface area contributed by atoms with E-state index in [1.54, 1.807) is 7.11 Å². The number of ether oxygens (including phenoxy) is 1. The van der Waals surface area contributed by atoms with E-state index in [1.807, 2.05) is 18.2 Å². The van der Waals surface area contributed by atoms with Gasteiger partial charge in [-0.3, -0.25) is 4.21 Å². The lowest BCUT2D eigenvalue weighted by Gasteiger charge is -2.12. The van der Waals surface area contributed by atoms with Crippen molar-refractivity contribution in [3.63, 3.8) is 0 Å². The van der Waals surface area contributed by atoms with Gasteiger partial charge in [-0.05, 0) is 36.6 Å². The third-order valence-corrected chi connectivity index (χ3v) is 4.67. The lowest BCUT2D eigenvalue weighted by Crippen LogP contribution is -2.23. The molecule has 86 valence electrons. The highest BCUT2D eigenvalue weighted by molar-refractivity contribution is 7.85. The zero-order valence-electron chi connectivity index (χ0n) is 9.23. The zero-order valence-corrected chi connectivity index (χ0v) is 10.0. The summed E-state index contributed by atoms with van der Waals surface area (Å²) in [5.41, 5.74) is 1.16. The average Bonchev–Trinajstić information content (AvgIpc) is 3.05.